The van der Waals surface area contributed by atoms with E-state index >= 15 is 0 Å². The number of anilines is 1. The molecule has 3 aromatic rings. The molecule has 0 saturated heterocycles. The first-order chi connectivity index (χ1) is 13.4. The second-order valence-electron chi connectivity index (χ2n) is 5.71. The van der Waals surface area contributed by atoms with Crippen molar-refractivity contribution in [1.82, 2.24) is 14.9 Å². The zero-order chi connectivity index (χ0) is 20.1. The van der Waals surface area contributed by atoms with Crippen molar-refractivity contribution in [2.45, 2.75) is 6.42 Å². The van der Waals surface area contributed by atoms with Crippen LogP contribution in [0.1, 0.15) is 11.1 Å². The van der Waals surface area contributed by atoms with Crippen molar-refractivity contribution in [1.29, 1.82) is 5.26 Å². The van der Waals surface area contributed by atoms with Crippen LogP contribution in [0.25, 0.3) is 0 Å². The molecular formula is C17H15BrN6O3S. The highest BCUT2D eigenvalue weighted by molar-refractivity contribution is 9.10. The van der Waals surface area contributed by atoms with Gasteiger partial charge in [-0.25, -0.2) is 4.68 Å². The lowest BCUT2D eigenvalue weighted by molar-refractivity contribution is 0.486. The molecule has 0 spiro atoms. The molecular weight excluding hydrogens is 448 g/mol. The van der Waals surface area contributed by atoms with Gasteiger partial charge in [0.05, 0.1) is 21.8 Å². The van der Waals surface area contributed by atoms with E-state index in [-0.39, 0.29) is 5.75 Å². The molecule has 0 amide bonds. The summed E-state index contributed by atoms with van der Waals surface area (Å²) in [6, 6.07) is 14.3. The summed E-state index contributed by atoms with van der Waals surface area (Å²) in [5.74, 6) is 0.119. The number of nitrogens with two attached hydrogens (primary N) is 1. The van der Waals surface area contributed by atoms with Crippen LogP contribution in [0.2, 0.25) is 0 Å². The van der Waals surface area contributed by atoms with Crippen LogP contribution in [0.15, 0.2) is 59.6 Å². The van der Waals surface area contributed by atoms with Gasteiger partial charge in [-0.05, 0) is 64.3 Å². The van der Waals surface area contributed by atoms with Crippen LogP contribution in [-0.2, 0) is 16.7 Å². The van der Waals surface area contributed by atoms with E-state index in [0.717, 1.165) is 11.3 Å². The van der Waals surface area contributed by atoms with Crippen LogP contribution >= 0.6 is 15.9 Å². The topological polar surface area (TPSA) is 127 Å². The third kappa shape index (κ3) is 5.07. The van der Waals surface area contributed by atoms with Gasteiger partial charge in [0, 0.05) is 6.54 Å². The van der Waals surface area contributed by atoms with Crippen LogP contribution in [0.3, 0.4) is 0 Å². The predicted octanol–water partition coefficient (Wildman–Crippen LogP) is 2.01. The maximum atomic E-state index is 11.1. The second kappa shape index (κ2) is 8.39. The zero-order valence-electron chi connectivity index (χ0n) is 14.4. The van der Waals surface area contributed by atoms with E-state index in [4.69, 9.17) is 14.6 Å². The molecule has 1 aromatic heterocycles. The Balaban J connectivity index is 1.79. The van der Waals surface area contributed by atoms with Gasteiger partial charge in [0.1, 0.15) is 12.7 Å². The summed E-state index contributed by atoms with van der Waals surface area (Å²) >= 11 is 3.29. The molecule has 0 aliphatic rings. The van der Waals surface area contributed by atoms with Gasteiger partial charge < -0.3 is 4.18 Å². The Morgan fingerprint density at radius 1 is 1.18 bits per heavy atom. The average Bonchev–Trinajstić information content (AvgIpc) is 3.18. The molecule has 11 heteroatoms. The second-order valence-corrected chi connectivity index (χ2v) is 7.72. The van der Waals surface area contributed by atoms with Gasteiger partial charge in [-0.3, -0.25) is 5.01 Å². The molecule has 2 aromatic carbocycles. The standard InChI is InChI=1S/C17H15BrN6O3S/c18-16-9-13(3-6-17(16)27-28(20,25)26)7-8-24(23-11-21-22-12-23)15-4-1-14(10-19)2-5-15/h1-6,9,11-12H,7-8H2,(H2,20,25,26). The Bertz CT molecular complexity index is 1090. The summed E-state index contributed by atoms with van der Waals surface area (Å²) in [5, 5.41) is 23.5. The Hall–Kier alpha value is -2.94. The first-order valence-corrected chi connectivity index (χ1v) is 10.3. The van der Waals surface area contributed by atoms with E-state index in [0.29, 0.717) is 23.0 Å². The van der Waals surface area contributed by atoms with E-state index < -0.39 is 10.3 Å². The van der Waals surface area contributed by atoms with Gasteiger partial charge in [-0.1, -0.05) is 6.07 Å². The van der Waals surface area contributed by atoms with Crippen LogP contribution in [-0.4, -0.2) is 29.8 Å². The van der Waals surface area contributed by atoms with Gasteiger partial charge >= 0.3 is 10.3 Å². The van der Waals surface area contributed by atoms with Crippen molar-refractivity contribution in [3.8, 4) is 11.8 Å². The van der Waals surface area contributed by atoms with Gasteiger partial charge in [0.25, 0.3) is 0 Å². The van der Waals surface area contributed by atoms with Gasteiger partial charge in [-0.2, -0.15) is 18.8 Å². The Morgan fingerprint density at radius 3 is 2.43 bits per heavy atom. The Morgan fingerprint density at radius 2 is 1.86 bits per heavy atom. The third-order valence-corrected chi connectivity index (χ3v) is 4.83. The normalized spacial score (nSPS) is 11.0. The molecule has 1 heterocycles. The first kappa shape index (κ1) is 19.8. The summed E-state index contributed by atoms with van der Waals surface area (Å²) < 4.78 is 29.1. The third-order valence-electron chi connectivity index (χ3n) is 3.79. The number of rotatable bonds is 7. The van der Waals surface area contributed by atoms with Crippen LogP contribution in [0, 0.1) is 11.3 Å². The van der Waals surface area contributed by atoms with Crippen molar-refractivity contribution < 1.29 is 12.6 Å². The van der Waals surface area contributed by atoms with Crippen molar-refractivity contribution in [3.63, 3.8) is 0 Å². The molecule has 0 fully saturated rings. The van der Waals surface area contributed by atoms with Crippen LogP contribution < -0.4 is 14.3 Å². The fourth-order valence-electron chi connectivity index (χ4n) is 2.53. The average molecular weight is 463 g/mol. The van der Waals surface area contributed by atoms with Gasteiger partial charge in [0.15, 0.2) is 5.75 Å². The largest absolute Gasteiger partial charge is 0.380 e. The van der Waals surface area contributed by atoms with E-state index in [9.17, 15) is 8.42 Å². The molecule has 3 rings (SSSR count). The highest BCUT2D eigenvalue weighted by Crippen LogP contribution is 2.27. The fourth-order valence-corrected chi connectivity index (χ4v) is 3.54. The molecule has 2 N–H and O–H groups in total. The molecule has 0 aliphatic carbocycles. The molecule has 0 atom stereocenters. The molecule has 144 valence electrons. The number of nitrogens with zero attached hydrogens (tertiary/aromatic N) is 5. The lowest BCUT2D eigenvalue weighted by Crippen LogP contribution is -2.30. The summed E-state index contributed by atoms with van der Waals surface area (Å²) in [7, 11) is -4.09. The summed E-state index contributed by atoms with van der Waals surface area (Å²) in [6.45, 7) is 0.575. The number of benzene rings is 2. The van der Waals surface area contributed by atoms with E-state index in [2.05, 4.69) is 32.2 Å². The monoisotopic (exact) mass is 462 g/mol. The SMILES string of the molecule is N#Cc1ccc(N(CCc2ccc(OS(N)(=O)=O)c(Br)c2)n2cnnc2)cc1. The molecule has 28 heavy (non-hydrogen) atoms. The molecule has 0 saturated carbocycles. The highest BCUT2D eigenvalue weighted by Gasteiger charge is 2.12. The van der Waals surface area contributed by atoms with Crippen molar-refractivity contribution in [2.75, 3.05) is 11.6 Å². The van der Waals surface area contributed by atoms with E-state index in [1.807, 2.05) is 17.1 Å². The quantitative estimate of drug-likeness (QED) is 0.568. The minimum atomic E-state index is -4.09. The summed E-state index contributed by atoms with van der Waals surface area (Å²) in [4.78, 5) is 0. The van der Waals surface area contributed by atoms with Crippen molar-refractivity contribution in [3.05, 3.63) is 70.7 Å². The number of hydrogen-bond acceptors (Lipinski definition) is 7. The number of hydrogen-bond donors (Lipinski definition) is 1. The highest BCUT2D eigenvalue weighted by atomic mass is 79.9. The molecule has 0 aliphatic heterocycles. The lowest BCUT2D eigenvalue weighted by Gasteiger charge is -2.25. The number of halogens is 1. The maximum Gasteiger partial charge on any atom is 0.380 e. The Kier molecular flexibility index (Phi) is 5.93. The predicted molar refractivity (Wildman–Crippen MR) is 106 cm³/mol. The van der Waals surface area contributed by atoms with Crippen LogP contribution in [0.5, 0.6) is 5.75 Å². The van der Waals surface area contributed by atoms with E-state index in [1.54, 1.807) is 41.6 Å². The van der Waals surface area contributed by atoms with Crippen molar-refractivity contribution in [2.24, 2.45) is 5.14 Å². The fraction of sp³-hybridized carbons (Fsp3) is 0.118. The molecule has 0 unspecified atom stereocenters. The minimum absolute atomic E-state index is 0.119. The maximum absolute atomic E-state index is 11.1. The molecule has 0 radical (unpaired) electrons. The molecule has 9 nitrogen and oxygen atoms in total. The van der Waals surface area contributed by atoms with Crippen molar-refractivity contribution >= 4 is 31.9 Å². The van der Waals surface area contributed by atoms with E-state index in [1.165, 1.54) is 6.07 Å². The van der Waals surface area contributed by atoms with Gasteiger partial charge in [-0.15, -0.1) is 10.2 Å². The zero-order valence-corrected chi connectivity index (χ0v) is 16.8. The molecule has 0 bridgehead atoms. The number of aromatic nitrogens is 3. The minimum Gasteiger partial charge on any atom is -0.370 e. The summed E-state index contributed by atoms with van der Waals surface area (Å²) in [5.41, 5.74) is 2.38. The first-order valence-electron chi connectivity index (χ1n) is 7.99. The number of nitriles is 1. The lowest BCUT2D eigenvalue weighted by atomic mass is 10.1. The Labute approximate surface area is 170 Å². The summed E-state index contributed by atoms with van der Waals surface area (Å²) in [6.07, 6.45) is 3.79. The van der Waals surface area contributed by atoms with Crippen LogP contribution in [0.4, 0.5) is 5.69 Å². The van der Waals surface area contributed by atoms with Gasteiger partial charge in [0.2, 0.25) is 0 Å². The smallest absolute Gasteiger partial charge is 0.370 e.